The zero-order valence-electron chi connectivity index (χ0n) is 10.8. The Kier molecular flexibility index (Phi) is 3.66. The van der Waals surface area contributed by atoms with Crippen molar-refractivity contribution in [1.29, 1.82) is 0 Å². The molecule has 0 aliphatic heterocycles. The van der Waals surface area contributed by atoms with Gasteiger partial charge < -0.3 is 15.4 Å². The predicted molar refractivity (Wildman–Crippen MR) is 71.4 cm³/mol. The summed E-state index contributed by atoms with van der Waals surface area (Å²) in [7, 11) is 3.44. The lowest BCUT2D eigenvalue weighted by molar-refractivity contribution is 0.373. The summed E-state index contributed by atoms with van der Waals surface area (Å²) < 4.78 is 6.82. The fourth-order valence-electron chi connectivity index (χ4n) is 1.62. The minimum Gasteiger partial charge on any atom is -0.481 e. The number of aromatic nitrogens is 3. The van der Waals surface area contributed by atoms with Crippen LogP contribution in [0.15, 0.2) is 24.3 Å². The molecule has 0 aromatic carbocycles. The number of hydrogen-bond acceptors (Lipinski definition) is 5. The second kappa shape index (κ2) is 5.39. The smallest absolute Gasteiger partial charge is 0.213 e. The van der Waals surface area contributed by atoms with Gasteiger partial charge in [-0.15, -0.1) is 0 Å². The maximum Gasteiger partial charge on any atom is 0.213 e. The van der Waals surface area contributed by atoms with E-state index in [0.717, 1.165) is 18.2 Å². The van der Waals surface area contributed by atoms with E-state index in [1.165, 1.54) is 0 Å². The number of methoxy groups -OCH3 is 1. The van der Waals surface area contributed by atoms with E-state index in [1.54, 1.807) is 11.8 Å². The van der Waals surface area contributed by atoms with Crippen LogP contribution in [0.3, 0.4) is 0 Å². The summed E-state index contributed by atoms with van der Waals surface area (Å²) in [5, 5.41) is 10.6. The highest BCUT2D eigenvalue weighted by molar-refractivity contribution is 5.55. The fourth-order valence-corrected chi connectivity index (χ4v) is 1.62. The van der Waals surface area contributed by atoms with Gasteiger partial charge in [-0.2, -0.15) is 5.10 Å². The maximum absolute atomic E-state index is 5.15. The molecule has 0 saturated carbocycles. The van der Waals surface area contributed by atoms with Crippen molar-refractivity contribution in [3.05, 3.63) is 24.3 Å². The van der Waals surface area contributed by atoms with E-state index in [4.69, 9.17) is 4.74 Å². The van der Waals surface area contributed by atoms with E-state index < -0.39 is 0 Å². The third kappa shape index (κ3) is 2.71. The molecule has 96 valence electrons. The predicted octanol–water partition coefficient (Wildman–Crippen LogP) is 2.00. The van der Waals surface area contributed by atoms with Gasteiger partial charge in [0.1, 0.15) is 11.6 Å². The fraction of sp³-hybridized carbons (Fsp3) is 0.333. The van der Waals surface area contributed by atoms with Gasteiger partial charge in [0, 0.05) is 19.7 Å². The van der Waals surface area contributed by atoms with Gasteiger partial charge in [-0.25, -0.2) is 9.67 Å². The average Bonchev–Trinajstić information content (AvgIpc) is 2.70. The summed E-state index contributed by atoms with van der Waals surface area (Å²) in [4.78, 5) is 4.41. The van der Waals surface area contributed by atoms with Gasteiger partial charge in [0.05, 0.1) is 7.11 Å². The van der Waals surface area contributed by atoms with Crippen LogP contribution < -0.4 is 15.4 Å². The molecule has 0 radical (unpaired) electrons. The van der Waals surface area contributed by atoms with Crippen molar-refractivity contribution >= 4 is 17.5 Å². The Morgan fingerprint density at radius 3 is 2.72 bits per heavy atom. The summed E-state index contributed by atoms with van der Waals surface area (Å²) in [6.07, 6.45) is 0. The molecule has 0 atom stereocenters. The van der Waals surface area contributed by atoms with Crippen LogP contribution >= 0.6 is 0 Å². The summed E-state index contributed by atoms with van der Waals surface area (Å²) in [5.41, 5.74) is 0. The zero-order chi connectivity index (χ0) is 13.0. The molecule has 2 rings (SSSR count). The van der Waals surface area contributed by atoms with Crippen molar-refractivity contribution in [1.82, 2.24) is 14.8 Å². The van der Waals surface area contributed by atoms with Crippen LogP contribution in [0, 0.1) is 0 Å². The minimum atomic E-state index is 0.695. The van der Waals surface area contributed by atoms with Crippen molar-refractivity contribution in [2.24, 2.45) is 7.05 Å². The van der Waals surface area contributed by atoms with Gasteiger partial charge in [-0.3, -0.25) is 0 Å². The molecule has 18 heavy (non-hydrogen) atoms. The third-order valence-electron chi connectivity index (χ3n) is 2.41. The van der Waals surface area contributed by atoms with Gasteiger partial charge in [0.25, 0.3) is 0 Å². The summed E-state index contributed by atoms with van der Waals surface area (Å²) >= 11 is 0. The zero-order valence-corrected chi connectivity index (χ0v) is 10.8. The second-order valence-corrected chi connectivity index (χ2v) is 3.76. The summed E-state index contributed by atoms with van der Waals surface area (Å²) in [6.45, 7) is 2.87. The normalized spacial score (nSPS) is 10.2. The lowest BCUT2D eigenvalue weighted by Crippen LogP contribution is -2.01. The van der Waals surface area contributed by atoms with Crippen molar-refractivity contribution < 1.29 is 4.74 Å². The van der Waals surface area contributed by atoms with Crippen LogP contribution in [0.25, 0.3) is 0 Å². The van der Waals surface area contributed by atoms with E-state index in [0.29, 0.717) is 11.7 Å². The molecule has 0 unspecified atom stereocenters. The van der Waals surface area contributed by atoms with Crippen LogP contribution in [0.5, 0.6) is 5.88 Å². The Morgan fingerprint density at radius 2 is 2.06 bits per heavy atom. The first kappa shape index (κ1) is 12.2. The first-order chi connectivity index (χ1) is 8.72. The molecule has 0 aliphatic rings. The number of hydrogen-bond donors (Lipinski definition) is 2. The van der Waals surface area contributed by atoms with Gasteiger partial charge in [-0.1, -0.05) is 6.07 Å². The maximum atomic E-state index is 5.15. The highest BCUT2D eigenvalue weighted by atomic mass is 16.5. The Labute approximate surface area is 106 Å². The molecule has 6 heteroatoms. The highest BCUT2D eigenvalue weighted by Gasteiger charge is 2.05. The SMILES string of the molecule is CCNc1cccc(Nc2cc(OC)n(C)n2)n1. The number of rotatable bonds is 5. The molecule has 2 N–H and O–H groups in total. The lowest BCUT2D eigenvalue weighted by Gasteiger charge is -2.05. The molecule has 0 aliphatic carbocycles. The van der Waals surface area contributed by atoms with Crippen molar-refractivity contribution in [3.8, 4) is 5.88 Å². The molecule has 0 fully saturated rings. The van der Waals surface area contributed by atoms with Crippen LogP contribution in [0.1, 0.15) is 6.92 Å². The highest BCUT2D eigenvalue weighted by Crippen LogP contribution is 2.19. The summed E-state index contributed by atoms with van der Waals surface area (Å²) in [5.74, 6) is 2.98. The van der Waals surface area contributed by atoms with Crippen LogP contribution in [0.2, 0.25) is 0 Å². The first-order valence-electron chi connectivity index (χ1n) is 5.79. The molecule has 0 saturated heterocycles. The molecular weight excluding hydrogens is 230 g/mol. The molecule has 2 heterocycles. The average molecular weight is 247 g/mol. The monoisotopic (exact) mass is 247 g/mol. The quantitative estimate of drug-likeness (QED) is 0.846. The van der Waals surface area contributed by atoms with E-state index in [9.17, 15) is 0 Å². The standard InChI is InChI=1S/C12H17N5O/c1-4-13-9-6-5-7-10(14-9)15-11-8-12(18-3)17(2)16-11/h5-8H,4H2,1-3H3,(H2,13,14,15,16). The molecule has 2 aromatic heterocycles. The van der Waals surface area contributed by atoms with Crippen molar-refractivity contribution in [2.75, 3.05) is 24.3 Å². The van der Waals surface area contributed by atoms with Crippen LogP contribution in [0.4, 0.5) is 17.5 Å². The lowest BCUT2D eigenvalue weighted by atomic mass is 10.4. The van der Waals surface area contributed by atoms with Crippen LogP contribution in [-0.2, 0) is 7.05 Å². The molecule has 0 bridgehead atoms. The van der Waals surface area contributed by atoms with Gasteiger partial charge in [0.15, 0.2) is 5.82 Å². The Hall–Kier alpha value is -2.24. The van der Waals surface area contributed by atoms with E-state index in [1.807, 2.05) is 38.2 Å². The number of ether oxygens (including phenoxy) is 1. The van der Waals surface area contributed by atoms with E-state index in [2.05, 4.69) is 20.7 Å². The van der Waals surface area contributed by atoms with Gasteiger partial charge in [0.2, 0.25) is 5.88 Å². The molecule has 6 nitrogen and oxygen atoms in total. The van der Waals surface area contributed by atoms with Crippen LogP contribution in [-0.4, -0.2) is 28.4 Å². The largest absolute Gasteiger partial charge is 0.481 e. The Balaban J connectivity index is 2.14. The molecule has 2 aromatic rings. The first-order valence-corrected chi connectivity index (χ1v) is 5.79. The molecule has 0 amide bonds. The third-order valence-corrected chi connectivity index (χ3v) is 2.41. The molecule has 0 spiro atoms. The van der Waals surface area contributed by atoms with Gasteiger partial charge >= 0.3 is 0 Å². The topological polar surface area (TPSA) is 64.0 Å². The Bertz CT molecular complexity index is 523. The minimum absolute atomic E-state index is 0.695. The number of pyridine rings is 1. The molecular formula is C12H17N5O. The van der Waals surface area contributed by atoms with Crippen molar-refractivity contribution in [3.63, 3.8) is 0 Å². The number of nitrogens with one attached hydrogen (secondary N) is 2. The van der Waals surface area contributed by atoms with Crippen molar-refractivity contribution in [2.45, 2.75) is 6.92 Å². The second-order valence-electron chi connectivity index (χ2n) is 3.76. The summed E-state index contributed by atoms with van der Waals surface area (Å²) in [6, 6.07) is 7.57. The van der Waals surface area contributed by atoms with E-state index >= 15 is 0 Å². The van der Waals surface area contributed by atoms with Gasteiger partial charge in [-0.05, 0) is 19.1 Å². The number of aryl methyl sites for hydroxylation is 1. The van der Waals surface area contributed by atoms with E-state index in [-0.39, 0.29) is 0 Å². The Morgan fingerprint density at radius 1 is 1.28 bits per heavy atom. The number of nitrogens with zero attached hydrogens (tertiary/aromatic N) is 3. The number of anilines is 3.